The number of hydrogen-bond acceptors (Lipinski definition) is 0. The Morgan fingerprint density at radius 1 is 0.864 bits per heavy atom. The number of fused-ring (bicyclic) bond motifs is 3. The molecule has 4 rings (SSSR count). The Hall–Kier alpha value is -0.617. The van der Waals surface area contributed by atoms with Crippen LogP contribution in [0, 0.1) is 0 Å². The zero-order valence-corrected chi connectivity index (χ0v) is 16.3. The molecule has 0 bridgehead atoms. The minimum Gasteiger partial charge on any atom is -1.00 e. The molecule has 0 radical (unpaired) electrons. The maximum atomic E-state index is 2.44. The summed E-state index contributed by atoms with van der Waals surface area (Å²) in [4.78, 5) is 0. The van der Waals surface area contributed by atoms with E-state index in [1.807, 2.05) is 0 Å². The third-order valence-electron chi connectivity index (χ3n) is 4.21. The van der Waals surface area contributed by atoms with E-state index < -0.39 is 23.2 Å². The molecule has 0 aliphatic heterocycles. The molecular formula is C19H16Cl2Zr. The van der Waals surface area contributed by atoms with Crippen molar-refractivity contribution < 1.29 is 48.0 Å². The summed E-state index contributed by atoms with van der Waals surface area (Å²) in [5.74, 6) is 0. The van der Waals surface area contributed by atoms with Crippen LogP contribution in [0.15, 0.2) is 69.5 Å². The molecule has 0 nitrogen and oxygen atoms in total. The van der Waals surface area contributed by atoms with E-state index in [9.17, 15) is 0 Å². The summed E-state index contributed by atoms with van der Waals surface area (Å²) in [7, 11) is 0. The maximum Gasteiger partial charge on any atom is -1.00 e. The Bertz CT molecular complexity index is 701. The first-order chi connectivity index (χ1) is 9.83. The van der Waals surface area contributed by atoms with E-state index in [1.165, 1.54) is 23.1 Å². The largest absolute Gasteiger partial charge is 1.00 e. The molecule has 0 atom stereocenters. The summed E-state index contributed by atoms with van der Waals surface area (Å²) in [6, 6.07) is 18.0. The molecule has 0 saturated heterocycles. The molecule has 2 aromatic rings. The van der Waals surface area contributed by atoms with E-state index in [1.54, 1.807) is 14.4 Å². The van der Waals surface area contributed by atoms with Crippen LogP contribution < -0.4 is 24.8 Å². The van der Waals surface area contributed by atoms with Gasteiger partial charge in [-0.05, 0) is 0 Å². The molecular weight excluding hydrogens is 390 g/mol. The van der Waals surface area contributed by atoms with E-state index >= 15 is 0 Å². The molecule has 2 aliphatic rings. The van der Waals surface area contributed by atoms with Crippen molar-refractivity contribution in [1.29, 1.82) is 0 Å². The first-order valence-corrected chi connectivity index (χ1v) is 9.80. The quantitative estimate of drug-likeness (QED) is 0.606. The zero-order valence-electron chi connectivity index (χ0n) is 12.3. The number of hydrogen-bond donors (Lipinski definition) is 0. The number of halogens is 2. The second kappa shape index (κ2) is 7.30. The van der Waals surface area contributed by atoms with Crippen molar-refractivity contribution in [2.24, 2.45) is 0 Å². The summed E-state index contributed by atoms with van der Waals surface area (Å²) in [5.41, 5.74) is 7.55. The Kier molecular flexibility index (Phi) is 5.89. The van der Waals surface area contributed by atoms with Gasteiger partial charge < -0.3 is 24.8 Å². The van der Waals surface area contributed by atoms with Crippen molar-refractivity contribution in [2.75, 3.05) is 0 Å². The standard InChI is InChI=1S/C13H9.C6H7.2ClH.Zr/c1-3-7-12-10(5-1)9-11-6-2-4-8-13(11)12;1-6-4-2-3-5-6;;;/h1-9H;4-5H,2H2,1H3;2*1H;/q;;;;+2/p-2. The van der Waals surface area contributed by atoms with Crippen LogP contribution in [-0.4, -0.2) is 0 Å². The van der Waals surface area contributed by atoms with Crippen molar-refractivity contribution >= 4 is 0 Å². The van der Waals surface area contributed by atoms with Gasteiger partial charge >= 0.3 is 132 Å². The molecule has 22 heavy (non-hydrogen) atoms. The van der Waals surface area contributed by atoms with Gasteiger partial charge in [-0.15, -0.1) is 0 Å². The second-order valence-electron chi connectivity index (χ2n) is 5.57. The normalized spacial score (nSPS) is 14.8. The second-order valence-corrected chi connectivity index (χ2v) is 9.28. The fourth-order valence-electron chi connectivity index (χ4n) is 3.26. The van der Waals surface area contributed by atoms with Crippen molar-refractivity contribution in [2.45, 2.75) is 17.0 Å². The van der Waals surface area contributed by atoms with E-state index in [2.05, 4.69) is 67.6 Å². The summed E-state index contributed by atoms with van der Waals surface area (Å²) in [6.45, 7) is 2.23. The average Bonchev–Trinajstić information content (AvgIpc) is 3.03. The average molecular weight is 406 g/mol. The Morgan fingerprint density at radius 2 is 1.41 bits per heavy atom. The van der Waals surface area contributed by atoms with Gasteiger partial charge in [-0.1, -0.05) is 0 Å². The van der Waals surface area contributed by atoms with Crippen LogP contribution in [-0.2, 0) is 23.2 Å². The Labute approximate surface area is 156 Å². The van der Waals surface area contributed by atoms with Crippen LogP contribution in [0.25, 0.3) is 11.1 Å². The monoisotopic (exact) mass is 404 g/mol. The molecule has 110 valence electrons. The van der Waals surface area contributed by atoms with E-state index in [0.717, 1.165) is 0 Å². The summed E-state index contributed by atoms with van der Waals surface area (Å²) < 4.78 is 2.44. The van der Waals surface area contributed by atoms with Gasteiger partial charge in [0.2, 0.25) is 0 Å². The third kappa shape index (κ3) is 3.04. The molecule has 2 aliphatic carbocycles. The van der Waals surface area contributed by atoms with E-state index in [0.29, 0.717) is 3.63 Å². The van der Waals surface area contributed by atoms with Crippen LogP contribution in [0.1, 0.15) is 28.1 Å². The Balaban J connectivity index is 0.000000882. The van der Waals surface area contributed by atoms with Gasteiger partial charge in [0.1, 0.15) is 0 Å². The van der Waals surface area contributed by atoms with Gasteiger partial charge in [0.25, 0.3) is 0 Å². The molecule has 0 unspecified atom stereocenters. The zero-order chi connectivity index (χ0) is 13.5. The van der Waals surface area contributed by atoms with E-state index in [-0.39, 0.29) is 24.8 Å². The topological polar surface area (TPSA) is 0 Å². The van der Waals surface area contributed by atoms with E-state index in [4.69, 9.17) is 0 Å². The minimum atomic E-state index is -0.596. The summed E-state index contributed by atoms with van der Waals surface area (Å²) in [6.07, 6.45) is 6.03. The Morgan fingerprint density at radius 3 is 1.91 bits per heavy atom. The van der Waals surface area contributed by atoms with Crippen LogP contribution >= 0.6 is 0 Å². The predicted octanol–water partition coefficient (Wildman–Crippen LogP) is -0.919. The molecule has 2 aromatic carbocycles. The van der Waals surface area contributed by atoms with Gasteiger partial charge in [-0.3, -0.25) is 0 Å². The molecule has 0 amide bonds. The first-order valence-electron chi connectivity index (χ1n) is 7.15. The molecule has 0 heterocycles. The van der Waals surface area contributed by atoms with Crippen molar-refractivity contribution in [3.05, 3.63) is 80.7 Å². The molecule has 0 N–H and O–H groups in total. The van der Waals surface area contributed by atoms with Gasteiger partial charge in [0.15, 0.2) is 0 Å². The third-order valence-corrected chi connectivity index (χ3v) is 8.22. The SMILES string of the molecule is CC1=CC[C]([Zr+2][CH]2c3ccccc3-c3ccccc32)=C1.[Cl-].[Cl-]. The fraction of sp³-hybridized carbons (Fsp3) is 0.158. The fourth-order valence-corrected chi connectivity index (χ4v) is 7.48. The van der Waals surface area contributed by atoms with Crippen LogP contribution in [0.3, 0.4) is 0 Å². The van der Waals surface area contributed by atoms with Crippen molar-refractivity contribution in [3.63, 3.8) is 0 Å². The van der Waals surface area contributed by atoms with Crippen LogP contribution in [0.5, 0.6) is 0 Å². The maximum absolute atomic E-state index is 2.44. The number of rotatable bonds is 2. The molecule has 0 fully saturated rings. The van der Waals surface area contributed by atoms with Crippen molar-refractivity contribution in [1.82, 2.24) is 0 Å². The summed E-state index contributed by atoms with van der Waals surface area (Å²) in [5, 5.41) is 0. The van der Waals surface area contributed by atoms with Gasteiger partial charge in [0, 0.05) is 0 Å². The minimum absolute atomic E-state index is 0. The van der Waals surface area contributed by atoms with Gasteiger partial charge in [0.05, 0.1) is 0 Å². The smallest absolute Gasteiger partial charge is 1.00 e. The molecule has 0 aromatic heterocycles. The number of allylic oxidation sites excluding steroid dienone is 4. The summed E-state index contributed by atoms with van der Waals surface area (Å²) >= 11 is -0.596. The molecule has 0 saturated carbocycles. The molecule has 0 spiro atoms. The van der Waals surface area contributed by atoms with Gasteiger partial charge in [-0.25, -0.2) is 0 Å². The first kappa shape index (κ1) is 17.7. The predicted molar refractivity (Wildman–Crippen MR) is 80.2 cm³/mol. The van der Waals surface area contributed by atoms with Crippen LogP contribution in [0.4, 0.5) is 0 Å². The number of benzene rings is 2. The molecule has 3 heteroatoms. The van der Waals surface area contributed by atoms with Gasteiger partial charge in [-0.2, -0.15) is 0 Å². The van der Waals surface area contributed by atoms with Crippen LogP contribution in [0.2, 0.25) is 0 Å². The van der Waals surface area contributed by atoms with Crippen molar-refractivity contribution in [3.8, 4) is 11.1 Å².